The van der Waals surface area contributed by atoms with Crippen molar-refractivity contribution in [2.45, 2.75) is 83.7 Å². The Hall–Kier alpha value is -1.72. The molecule has 1 amide bonds. The van der Waals surface area contributed by atoms with Crippen LogP contribution in [0.25, 0.3) is 0 Å². The van der Waals surface area contributed by atoms with Crippen LogP contribution in [-0.2, 0) is 30.6 Å². The molecule has 1 aliphatic carbocycles. The summed E-state index contributed by atoms with van der Waals surface area (Å²) in [7, 11) is 0. The van der Waals surface area contributed by atoms with Crippen LogP contribution in [0.5, 0.6) is 5.19 Å². The normalized spacial score (nSPS) is 21.3. The molecule has 1 saturated carbocycles. The van der Waals surface area contributed by atoms with Gasteiger partial charge < -0.3 is 10.1 Å². The van der Waals surface area contributed by atoms with Gasteiger partial charge in [0.1, 0.15) is 10.0 Å². The highest BCUT2D eigenvalue weighted by Gasteiger charge is 2.27. The minimum absolute atomic E-state index is 0.0423. The number of hydrogen-bond donors (Lipinski definition) is 1. The molecule has 1 aliphatic heterocycles. The summed E-state index contributed by atoms with van der Waals surface area (Å²) >= 11 is 2.91. The number of halogens is 2. The van der Waals surface area contributed by atoms with Crippen LogP contribution in [0, 0.1) is 5.92 Å². The van der Waals surface area contributed by atoms with Crippen LogP contribution in [0.2, 0.25) is 0 Å². The largest absolute Gasteiger partial charge is 0.464 e. The molecule has 1 N–H and O–H groups in total. The fourth-order valence-corrected chi connectivity index (χ4v) is 6.24. The number of nitrogens with zero attached hydrogens (tertiary/aromatic N) is 4. The van der Waals surface area contributed by atoms with E-state index in [9.17, 15) is 13.6 Å². The molecule has 7 nitrogen and oxygen atoms in total. The van der Waals surface area contributed by atoms with Crippen LogP contribution in [0.3, 0.4) is 0 Å². The van der Waals surface area contributed by atoms with E-state index in [4.69, 9.17) is 4.74 Å². The third-order valence-electron chi connectivity index (χ3n) is 6.42. The number of rotatable bonds is 10. The Morgan fingerprint density at radius 1 is 1.21 bits per heavy atom. The first kappa shape index (κ1) is 25.4. The summed E-state index contributed by atoms with van der Waals surface area (Å²) in [5, 5.41) is 13.5. The van der Waals surface area contributed by atoms with Crippen molar-refractivity contribution in [1.29, 1.82) is 0 Å². The minimum atomic E-state index is -2.85. The molecule has 3 heterocycles. The van der Waals surface area contributed by atoms with Gasteiger partial charge in [-0.15, -0.1) is 21.5 Å². The second-order valence-corrected chi connectivity index (χ2v) is 11.6. The quantitative estimate of drug-likeness (QED) is 0.512. The summed E-state index contributed by atoms with van der Waals surface area (Å²) in [5.41, 5.74) is 0.971. The highest BCUT2D eigenvalue weighted by atomic mass is 32.1. The molecule has 2 aromatic heterocycles. The zero-order valence-corrected chi connectivity index (χ0v) is 21.5. The number of amides is 1. The summed E-state index contributed by atoms with van der Waals surface area (Å²) in [6, 6.07) is 0.254. The van der Waals surface area contributed by atoms with E-state index < -0.39 is 12.5 Å². The van der Waals surface area contributed by atoms with Gasteiger partial charge in [0.25, 0.3) is 11.1 Å². The average Bonchev–Trinajstić information content (AvgIpc) is 3.42. The first-order valence-electron chi connectivity index (χ1n) is 12.1. The van der Waals surface area contributed by atoms with Crippen molar-refractivity contribution in [2.75, 3.05) is 19.7 Å². The Balaban J connectivity index is 1.14. The molecule has 2 aliphatic rings. The van der Waals surface area contributed by atoms with Gasteiger partial charge in [0, 0.05) is 30.9 Å². The Kier molecular flexibility index (Phi) is 8.47. The number of hydrogen-bond acceptors (Lipinski definition) is 8. The second-order valence-electron chi connectivity index (χ2n) is 9.43. The van der Waals surface area contributed by atoms with E-state index >= 15 is 0 Å². The molecule has 4 rings (SSSR count). The Morgan fingerprint density at radius 3 is 2.68 bits per heavy atom. The maximum Gasteiger partial charge on any atom is 0.278 e. The lowest BCUT2D eigenvalue weighted by Gasteiger charge is -2.31. The molecule has 188 valence electrons. The number of carbonyl (C=O) groups excluding carboxylic acids is 1. The fraction of sp³-hybridized carbons (Fsp3) is 0.739. The van der Waals surface area contributed by atoms with Gasteiger partial charge in [0.2, 0.25) is 5.91 Å². The molecule has 0 unspecified atom stereocenters. The zero-order valence-electron chi connectivity index (χ0n) is 19.8. The number of aromatic nitrogens is 3. The van der Waals surface area contributed by atoms with E-state index in [0.717, 1.165) is 92.1 Å². The van der Waals surface area contributed by atoms with Crippen molar-refractivity contribution in [3.8, 4) is 5.19 Å². The van der Waals surface area contributed by atoms with Crippen molar-refractivity contribution < 1.29 is 18.3 Å². The number of carbonyl (C=O) groups is 1. The van der Waals surface area contributed by atoms with Crippen LogP contribution in [-0.4, -0.2) is 57.6 Å². The predicted octanol–water partition coefficient (Wildman–Crippen LogP) is 4.26. The topological polar surface area (TPSA) is 80.2 Å². The molecule has 2 aromatic rings. The number of aryl methyl sites for hydroxylation is 1. The van der Waals surface area contributed by atoms with Crippen molar-refractivity contribution in [3.05, 3.63) is 20.6 Å². The third-order valence-corrected chi connectivity index (χ3v) is 8.56. The zero-order chi connectivity index (χ0) is 24.1. The molecule has 34 heavy (non-hydrogen) atoms. The predicted molar refractivity (Wildman–Crippen MR) is 129 cm³/mol. The van der Waals surface area contributed by atoms with Gasteiger partial charge in [-0.2, -0.15) is 0 Å². The molecule has 0 bridgehead atoms. The lowest BCUT2D eigenvalue weighted by Crippen LogP contribution is -2.39. The van der Waals surface area contributed by atoms with Crippen LogP contribution < -0.4 is 10.1 Å². The van der Waals surface area contributed by atoms with E-state index in [1.165, 1.54) is 22.7 Å². The molecule has 11 heteroatoms. The van der Waals surface area contributed by atoms with Crippen molar-refractivity contribution >= 4 is 28.6 Å². The first-order valence-corrected chi connectivity index (χ1v) is 13.7. The summed E-state index contributed by atoms with van der Waals surface area (Å²) in [6.07, 6.45) is 7.49. The molecular weight excluding hydrogens is 480 g/mol. The third kappa shape index (κ3) is 7.39. The Bertz CT molecular complexity index is 954. The van der Waals surface area contributed by atoms with Crippen molar-refractivity contribution in [1.82, 2.24) is 25.4 Å². The van der Waals surface area contributed by atoms with E-state index in [2.05, 4.69) is 25.4 Å². The molecule has 1 fully saturated rings. The van der Waals surface area contributed by atoms with Crippen LogP contribution in [0.1, 0.15) is 66.5 Å². The summed E-state index contributed by atoms with van der Waals surface area (Å²) in [6.45, 7) is 5.00. The van der Waals surface area contributed by atoms with Crippen molar-refractivity contribution in [2.24, 2.45) is 5.92 Å². The number of nitrogens with one attached hydrogen (secondary N) is 1. The molecule has 0 atom stereocenters. The number of alkyl halides is 2. The van der Waals surface area contributed by atoms with E-state index in [0.29, 0.717) is 17.5 Å². The van der Waals surface area contributed by atoms with Crippen LogP contribution in [0.4, 0.5) is 8.78 Å². The summed E-state index contributed by atoms with van der Waals surface area (Å²) < 4.78 is 31.3. The highest BCUT2D eigenvalue weighted by Crippen LogP contribution is 2.32. The van der Waals surface area contributed by atoms with E-state index in [-0.39, 0.29) is 11.9 Å². The Morgan fingerprint density at radius 2 is 1.97 bits per heavy atom. The monoisotopic (exact) mass is 513 g/mol. The van der Waals surface area contributed by atoms with Crippen molar-refractivity contribution in [3.63, 3.8) is 0 Å². The smallest absolute Gasteiger partial charge is 0.278 e. The first-order chi connectivity index (χ1) is 16.3. The summed E-state index contributed by atoms with van der Waals surface area (Å²) in [4.78, 5) is 20.4. The molecule has 0 saturated heterocycles. The van der Waals surface area contributed by atoms with Gasteiger partial charge in [-0.3, -0.25) is 9.69 Å². The molecule has 0 aromatic carbocycles. The van der Waals surface area contributed by atoms with Gasteiger partial charge in [-0.1, -0.05) is 18.3 Å². The van der Waals surface area contributed by atoms with Crippen LogP contribution in [0.15, 0.2) is 0 Å². The lowest BCUT2D eigenvalue weighted by atomic mass is 9.84. The molecule has 0 spiro atoms. The Labute approximate surface area is 207 Å². The maximum absolute atomic E-state index is 13.0. The number of fused-ring (bicyclic) bond motifs is 1. The van der Waals surface area contributed by atoms with Gasteiger partial charge in [0.05, 0.1) is 12.1 Å². The molecular formula is C23H33F2N5O2S2. The fourth-order valence-electron chi connectivity index (χ4n) is 4.55. The van der Waals surface area contributed by atoms with Gasteiger partial charge in [0.15, 0.2) is 6.61 Å². The van der Waals surface area contributed by atoms with Crippen LogP contribution >= 0.6 is 22.7 Å². The standard InChI is InChI=1S/C23H33F2N5O2S2/c1-3-20-28-29-21(34-20)12-19(31)26-16-6-4-15(5-7-16)8-10-30-11-9-18-17(13-30)27-22(33-18)32-14-23(2,24)25/h15-16H,3-14H2,1-2H3,(H,26,31). The highest BCUT2D eigenvalue weighted by molar-refractivity contribution is 7.13. The lowest BCUT2D eigenvalue weighted by molar-refractivity contribution is -0.121. The SMILES string of the molecule is CCc1nnc(CC(=O)NC2CCC(CCN3CCc4sc(OCC(C)(F)F)nc4C3)CC2)s1. The minimum Gasteiger partial charge on any atom is -0.464 e. The number of ether oxygens (including phenoxy) is 1. The number of thiazole rings is 1. The average molecular weight is 514 g/mol. The molecule has 0 radical (unpaired) electrons. The van der Waals surface area contributed by atoms with Gasteiger partial charge in [-0.25, -0.2) is 13.8 Å². The summed E-state index contributed by atoms with van der Waals surface area (Å²) in [5.74, 6) is -2.14. The second kappa shape index (κ2) is 11.3. The van der Waals surface area contributed by atoms with E-state index in [1.807, 2.05) is 6.92 Å². The van der Waals surface area contributed by atoms with Gasteiger partial charge in [-0.05, 0) is 57.4 Å². The maximum atomic E-state index is 13.0. The van der Waals surface area contributed by atoms with Gasteiger partial charge >= 0.3 is 0 Å². The van der Waals surface area contributed by atoms with E-state index in [1.54, 1.807) is 0 Å².